The summed E-state index contributed by atoms with van der Waals surface area (Å²) in [6.45, 7) is 5.32. The van der Waals surface area contributed by atoms with Crippen molar-refractivity contribution in [1.29, 1.82) is 0 Å². The highest BCUT2D eigenvalue weighted by Crippen LogP contribution is 2.08. The fourth-order valence-electron chi connectivity index (χ4n) is 1.43. The van der Waals surface area contributed by atoms with Gasteiger partial charge in [-0.05, 0) is 12.3 Å². The van der Waals surface area contributed by atoms with Gasteiger partial charge in [0.15, 0.2) is 0 Å². The predicted molar refractivity (Wildman–Crippen MR) is 66.3 cm³/mol. The van der Waals surface area contributed by atoms with Crippen LogP contribution in [-0.2, 0) is 4.79 Å². The van der Waals surface area contributed by atoms with Gasteiger partial charge in [0.25, 0.3) is 0 Å². The molecule has 1 amide bonds. The molecule has 0 aliphatic heterocycles. The quantitative estimate of drug-likeness (QED) is 0.480. The van der Waals surface area contributed by atoms with Gasteiger partial charge < -0.3 is 5.32 Å². The number of rotatable bonds is 9. The number of nitrogens with one attached hydrogen (secondary N) is 1. The zero-order valence-corrected chi connectivity index (χ0v) is 10.8. The lowest BCUT2D eigenvalue weighted by atomic mass is 10.0. The van der Waals surface area contributed by atoms with Gasteiger partial charge in [0.2, 0.25) is 5.91 Å². The third kappa shape index (κ3) is 11.7. The molecule has 0 saturated carbocycles. The molecular formula is C12H24ClNO. The zero-order valence-electron chi connectivity index (χ0n) is 10.0. The summed E-state index contributed by atoms with van der Waals surface area (Å²) in [6, 6.07) is 0. The standard InChI is InChI=1S/C12H24ClNO/c1-11(2)7-5-3-4-6-10-14-12(15)8-9-13/h11H,3-10H2,1-2H3,(H,14,15). The van der Waals surface area contributed by atoms with E-state index < -0.39 is 0 Å². The lowest BCUT2D eigenvalue weighted by Gasteiger charge is -2.05. The van der Waals surface area contributed by atoms with E-state index in [0.29, 0.717) is 12.3 Å². The molecule has 2 nitrogen and oxygen atoms in total. The molecule has 0 atom stereocenters. The SMILES string of the molecule is CC(C)CCCCCCNC(=O)CCCl. The Kier molecular flexibility index (Phi) is 10.1. The van der Waals surface area contributed by atoms with E-state index in [0.717, 1.165) is 18.9 Å². The van der Waals surface area contributed by atoms with E-state index >= 15 is 0 Å². The molecule has 0 aromatic carbocycles. The molecule has 0 bridgehead atoms. The molecule has 0 aliphatic rings. The second-order valence-electron chi connectivity index (χ2n) is 4.39. The second kappa shape index (κ2) is 10.3. The maximum Gasteiger partial charge on any atom is 0.221 e. The minimum Gasteiger partial charge on any atom is -0.356 e. The lowest BCUT2D eigenvalue weighted by molar-refractivity contribution is -0.120. The Bertz CT molecular complexity index is 160. The average molecular weight is 234 g/mol. The van der Waals surface area contributed by atoms with Gasteiger partial charge in [-0.3, -0.25) is 4.79 Å². The monoisotopic (exact) mass is 233 g/mol. The molecule has 0 aromatic rings. The van der Waals surface area contributed by atoms with Crippen molar-refractivity contribution in [2.75, 3.05) is 12.4 Å². The van der Waals surface area contributed by atoms with E-state index in [4.69, 9.17) is 11.6 Å². The van der Waals surface area contributed by atoms with Gasteiger partial charge >= 0.3 is 0 Å². The van der Waals surface area contributed by atoms with Crippen LogP contribution < -0.4 is 5.32 Å². The van der Waals surface area contributed by atoms with E-state index in [2.05, 4.69) is 19.2 Å². The predicted octanol–water partition coefficient (Wildman–Crippen LogP) is 3.34. The van der Waals surface area contributed by atoms with Crippen LogP contribution in [0.25, 0.3) is 0 Å². The van der Waals surface area contributed by atoms with Crippen molar-refractivity contribution in [3.05, 3.63) is 0 Å². The Morgan fingerprint density at radius 3 is 2.47 bits per heavy atom. The van der Waals surface area contributed by atoms with Crippen LogP contribution in [0.5, 0.6) is 0 Å². The molecule has 0 unspecified atom stereocenters. The van der Waals surface area contributed by atoms with Gasteiger partial charge in [0, 0.05) is 18.8 Å². The molecule has 0 spiro atoms. The van der Waals surface area contributed by atoms with Crippen molar-refractivity contribution in [2.45, 2.75) is 52.4 Å². The molecule has 0 fully saturated rings. The van der Waals surface area contributed by atoms with E-state index in [9.17, 15) is 4.79 Å². The first-order valence-electron chi connectivity index (χ1n) is 5.99. The first-order valence-corrected chi connectivity index (χ1v) is 6.53. The second-order valence-corrected chi connectivity index (χ2v) is 4.76. The van der Waals surface area contributed by atoms with Crippen LogP contribution in [0.1, 0.15) is 52.4 Å². The van der Waals surface area contributed by atoms with Gasteiger partial charge in [-0.15, -0.1) is 11.6 Å². The summed E-state index contributed by atoms with van der Waals surface area (Å²) >= 11 is 5.45. The number of carbonyl (C=O) groups is 1. The zero-order chi connectivity index (χ0) is 11.5. The Morgan fingerprint density at radius 1 is 1.20 bits per heavy atom. The Hall–Kier alpha value is -0.240. The van der Waals surface area contributed by atoms with Crippen LogP contribution >= 0.6 is 11.6 Å². The van der Waals surface area contributed by atoms with Crippen molar-refractivity contribution >= 4 is 17.5 Å². The summed E-state index contributed by atoms with van der Waals surface area (Å²) in [7, 11) is 0. The highest BCUT2D eigenvalue weighted by molar-refractivity contribution is 6.18. The number of unbranched alkanes of at least 4 members (excludes halogenated alkanes) is 3. The van der Waals surface area contributed by atoms with Crippen LogP contribution in [0.2, 0.25) is 0 Å². The molecule has 0 radical (unpaired) electrons. The fourth-order valence-corrected chi connectivity index (χ4v) is 1.60. The fraction of sp³-hybridized carbons (Fsp3) is 0.917. The highest BCUT2D eigenvalue weighted by Gasteiger charge is 1.98. The van der Waals surface area contributed by atoms with Crippen molar-refractivity contribution in [2.24, 2.45) is 5.92 Å². The van der Waals surface area contributed by atoms with E-state index in [1.807, 2.05) is 0 Å². The highest BCUT2D eigenvalue weighted by atomic mass is 35.5. The normalized spacial score (nSPS) is 10.7. The molecule has 15 heavy (non-hydrogen) atoms. The largest absolute Gasteiger partial charge is 0.356 e. The molecule has 0 rings (SSSR count). The van der Waals surface area contributed by atoms with Crippen molar-refractivity contribution in [1.82, 2.24) is 5.32 Å². The molecule has 1 N–H and O–H groups in total. The molecule has 3 heteroatoms. The van der Waals surface area contributed by atoms with Crippen molar-refractivity contribution in [3.8, 4) is 0 Å². The third-order valence-corrected chi connectivity index (χ3v) is 2.54. The summed E-state index contributed by atoms with van der Waals surface area (Å²) in [5.41, 5.74) is 0. The third-order valence-electron chi connectivity index (χ3n) is 2.35. The van der Waals surface area contributed by atoms with Gasteiger partial charge in [-0.2, -0.15) is 0 Å². The van der Waals surface area contributed by atoms with Gasteiger partial charge in [0.05, 0.1) is 0 Å². The van der Waals surface area contributed by atoms with Gasteiger partial charge in [-0.25, -0.2) is 0 Å². The van der Waals surface area contributed by atoms with Crippen LogP contribution in [0.3, 0.4) is 0 Å². The van der Waals surface area contributed by atoms with Gasteiger partial charge in [-0.1, -0.05) is 39.5 Å². The summed E-state index contributed by atoms with van der Waals surface area (Å²) in [5.74, 6) is 1.31. The minimum atomic E-state index is 0.0761. The number of amides is 1. The number of hydrogen-bond donors (Lipinski definition) is 1. The lowest BCUT2D eigenvalue weighted by Crippen LogP contribution is -2.24. The van der Waals surface area contributed by atoms with Gasteiger partial charge in [0.1, 0.15) is 0 Å². The minimum absolute atomic E-state index is 0.0761. The number of carbonyl (C=O) groups excluding carboxylic acids is 1. The smallest absolute Gasteiger partial charge is 0.221 e. The summed E-state index contributed by atoms with van der Waals surface area (Å²) in [5, 5.41) is 2.86. The number of alkyl halides is 1. The molecule has 90 valence electrons. The molecular weight excluding hydrogens is 210 g/mol. The van der Waals surface area contributed by atoms with Crippen LogP contribution in [0, 0.1) is 5.92 Å². The molecule has 0 saturated heterocycles. The molecule has 0 aliphatic carbocycles. The topological polar surface area (TPSA) is 29.1 Å². The van der Waals surface area contributed by atoms with Crippen LogP contribution in [-0.4, -0.2) is 18.3 Å². The molecule has 0 heterocycles. The van der Waals surface area contributed by atoms with E-state index in [-0.39, 0.29) is 5.91 Å². The van der Waals surface area contributed by atoms with Crippen LogP contribution in [0.15, 0.2) is 0 Å². The first-order chi connectivity index (χ1) is 7.16. The number of halogens is 1. The molecule has 0 aromatic heterocycles. The maximum atomic E-state index is 11.0. The first kappa shape index (κ1) is 14.8. The van der Waals surface area contributed by atoms with Crippen molar-refractivity contribution in [3.63, 3.8) is 0 Å². The Labute approximate surface area is 98.8 Å². The van der Waals surface area contributed by atoms with E-state index in [1.54, 1.807) is 0 Å². The van der Waals surface area contributed by atoms with Crippen LogP contribution in [0.4, 0.5) is 0 Å². The number of hydrogen-bond acceptors (Lipinski definition) is 1. The van der Waals surface area contributed by atoms with Crippen molar-refractivity contribution < 1.29 is 4.79 Å². The average Bonchev–Trinajstić information content (AvgIpc) is 2.16. The van der Waals surface area contributed by atoms with E-state index in [1.165, 1.54) is 25.7 Å². The Balaban J connectivity index is 3.08. The summed E-state index contributed by atoms with van der Waals surface area (Å²) in [6.07, 6.45) is 6.66. The Morgan fingerprint density at radius 2 is 1.87 bits per heavy atom. The maximum absolute atomic E-state index is 11.0. The summed E-state index contributed by atoms with van der Waals surface area (Å²) in [4.78, 5) is 11.0. The summed E-state index contributed by atoms with van der Waals surface area (Å²) < 4.78 is 0.